The molecule has 1 unspecified atom stereocenters. The molecule has 2 N–H and O–H groups in total. The Morgan fingerprint density at radius 1 is 1.06 bits per heavy atom. The number of aryl methyl sites for hydroxylation is 1. The molecule has 0 fully saturated rings. The molecule has 1 aromatic carbocycles. The van der Waals surface area contributed by atoms with Crippen LogP contribution in [-0.2, 0) is 6.42 Å². The summed E-state index contributed by atoms with van der Waals surface area (Å²) in [7, 11) is 0. The summed E-state index contributed by atoms with van der Waals surface area (Å²) >= 11 is 0. The second-order valence-electron chi connectivity index (χ2n) is 10.8. The Morgan fingerprint density at radius 2 is 1.75 bits per heavy atom. The molecule has 0 saturated heterocycles. The molecule has 1 aliphatic rings. The monoisotopic (exact) mass is 493 g/mol. The smallest absolute Gasteiger partial charge is 0.255 e. The number of hydrogen-bond acceptors (Lipinski definition) is 3. The molecule has 1 aromatic rings. The molecule has 0 aliphatic carbocycles. The summed E-state index contributed by atoms with van der Waals surface area (Å²) in [5.41, 5.74) is 5.24. The third-order valence-electron chi connectivity index (χ3n) is 6.60. The first-order chi connectivity index (χ1) is 17.1. The lowest BCUT2D eigenvalue weighted by Gasteiger charge is -2.32. The van der Waals surface area contributed by atoms with Crippen molar-refractivity contribution in [2.45, 2.75) is 105 Å². The Hall–Kier alpha value is -2.75. The highest BCUT2D eigenvalue weighted by molar-refractivity contribution is 6.00. The van der Waals surface area contributed by atoms with Gasteiger partial charge in [0.05, 0.1) is 11.1 Å². The Bertz CT molecular complexity index is 1020. The van der Waals surface area contributed by atoms with Crippen LogP contribution in [-0.4, -0.2) is 23.2 Å². The first-order valence-electron chi connectivity index (χ1n) is 13.5. The van der Waals surface area contributed by atoms with E-state index in [2.05, 4.69) is 72.0 Å². The zero-order chi connectivity index (χ0) is 26.7. The molecule has 0 saturated carbocycles. The molecule has 0 spiro atoms. The summed E-state index contributed by atoms with van der Waals surface area (Å²) in [5, 5.41) is 14.2. The van der Waals surface area contributed by atoms with E-state index in [1.807, 2.05) is 18.2 Å². The van der Waals surface area contributed by atoms with E-state index in [0.717, 1.165) is 56.9 Å². The van der Waals surface area contributed by atoms with E-state index >= 15 is 0 Å². The molecular weight excluding hydrogens is 446 g/mol. The Balaban J connectivity index is 2.24. The van der Waals surface area contributed by atoms with E-state index in [4.69, 9.17) is 4.74 Å². The average molecular weight is 494 g/mol. The van der Waals surface area contributed by atoms with Gasteiger partial charge in [-0.05, 0) is 104 Å². The van der Waals surface area contributed by atoms with Crippen LogP contribution in [0, 0.1) is 0 Å². The predicted octanol–water partition coefficient (Wildman–Crippen LogP) is 8.46. The first-order valence-corrected chi connectivity index (χ1v) is 13.5. The fourth-order valence-corrected chi connectivity index (χ4v) is 4.40. The number of aromatic hydroxyl groups is 1. The van der Waals surface area contributed by atoms with E-state index in [1.165, 1.54) is 16.7 Å². The van der Waals surface area contributed by atoms with Crippen LogP contribution in [0.5, 0.6) is 11.5 Å². The number of fused-ring (bicyclic) bond motifs is 1. The van der Waals surface area contributed by atoms with Crippen LogP contribution in [0.1, 0.15) is 115 Å². The molecule has 4 nitrogen and oxygen atoms in total. The number of nitrogens with one attached hydrogen (secondary N) is 1. The molecule has 0 aromatic heterocycles. The number of carbonyl (C=O) groups is 1. The van der Waals surface area contributed by atoms with Crippen molar-refractivity contribution >= 4 is 12.0 Å². The Labute approximate surface area is 219 Å². The molecule has 1 amide bonds. The lowest BCUT2D eigenvalue weighted by atomic mass is 9.91. The number of unbranched alkanes of at least 4 members (excludes halogenated alkanes) is 2. The van der Waals surface area contributed by atoms with Gasteiger partial charge in [0.25, 0.3) is 5.91 Å². The lowest BCUT2D eigenvalue weighted by molar-refractivity contribution is 0.0953. The van der Waals surface area contributed by atoms with Crippen molar-refractivity contribution in [1.82, 2.24) is 5.32 Å². The third kappa shape index (κ3) is 9.04. The zero-order valence-electron chi connectivity index (χ0n) is 23.6. The fraction of sp³-hybridized carbons (Fsp3) is 0.531. The highest BCUT2D eigenvalue weighted by Crippen LogP contribution is 2.42. The van der Waals surface area contributed by atoms with E-state index in [9.17, 15) is 9.90 Å². The van der Waals surface area contributed by atoms with Crippen molar-refractivity contribution in [3.8, 4) is 11.5 Å². The summed E-state index contributed by atoms with van der Waals surface area (Å²) in [6, 6.07) is 1.97. The molecule has 2 rings (SSSR count). The van der Waals surface area contributed by atoms with Gasteiger partial charge in [0.15, 0.2) is 0 Å². The predicted molar refractivity (Wildman–Crippen MR) is 153 cm³/mol. The SMILES string of the molecule is CCCCCc1cc2c(c(O)c1C(=O)NCC=C(C)CCC=C(C)C)C=CC(C)(CCC=C(C)C)O2. The average Bonchev–Trinajstić information content (AvgIpc) is 2.78. The van der Waals surface area contributed by atoms with Crippen LogP contribution < -0.4 is 10.1 Å². The second-order valence-corrected chi connectivity index (χ2v) is 10.8. The van der Waals surface area contributed by atoms with Gasteiger partial charge in [-0.15, -0.1) is 0 Å². The fourth-order valence-electron chi connectivity index (χ4n) is 4.40. The molecule has 1 atom stereocenters. The Kier molecular flexibility index (Phi) is 11.6. The maximum Gasteiger partial charge on any atom is 0.255 e. The van der Waals surface area contributed by atoms with Gasteiger partial charge < -0.3 is 15.2 Å². The van der Waals surface area contributed by atoms with Gasteiger partial charge in [0, 0.05) is 6.54 Å². The van der Waals surface area contributed by atoms with E-state index < -0.39 is 5.60 Å². The topological polar surface area (TPSA) is 58.6 Å². The number of benzene rings is 1. The van der Waals surface area contributed by atoms with Crippen molar-refractivity contribution in [2.24, 2.45) is 0 Å². The summed E-state index contributed by atoms with van der Waals surface area (Å²) in [4.78, 5) is 13.2. The summed E-state index contributed by atoms with van der Waals surface area (Å²) in [6.45, 7) is 15.2. The quantitative estimate of drug-likeness (QED) is 0.214. The zero-order valence-corrected chi connectivity index (χ0v) is 23.6. The van der Waals surface area contributed by atoms with Crippen molar-refractivity contribution in [3.05, 3.63) is 63.8 Å². The number of allylic oxidation sites excluding steroid dienone is 5. The number of ether oxygens (including phenoxy) is 1. The number of rotatable bonds is 13. The highest BCUT2D eigenvalue weighted by Gasteiger charge is 2.31. The molecule has 4 heteroatoms. The van der Waals surface area contributed by atoms with E-state index in [1.54, 1.807) is 0 Å². The van der Waals surface area contributed by atoms with Gasteiger partial charge in [0.1, 0.15) is 17.1 Å². The van der Waals surface area contributed by atoms with Gasteiger partial charge in [0.2, 0.25) is 0 Å². The largest absolute Gasteiger partial charge is 0.506 e. The minimum atomic E-state index is -0.441. The van der Waals surface area contributed by atoms with E-state index in [0.29, 0.717) is 23.4 Å². The normalized spacial score (nSPS) is 16.7. The van der Waals surface area contributed by atoms with Crippen molar-refractivity contribution < 1.29 is 14.6 Å². The van der Waals surface area contributed by atoms with Crippen molar-refractivity contribution in [1.29, 1.82) is 0 Å². The highest BCUT2D eigenvalue weighted by atomic mass is 16.5. The first kappa shape index (κ1) is 29.5. The van der Waals surface area contributed by atoms with Gasteiger partial charge in [-0.25, -0.2) is 0 Å². The minimum Gasteiger partial charge on any atom is -0.506 e. The maximum absolute atomic E-state index is 13.2. The molecule has 198 valence electrons. The van der Waals surface area contributed by atoms with Crippen molar-refractivity contribution in [3.63, 3.8) is 0 Å². The number of phenols is 1. The number of hydrogen-bond donors (Lipinski definition) is 2. The standard InChI is InChI=1S/C32H47NO3/c1-8-9-10-16-26-22-28-27(17-20-32(7,36-28)19-12-14-24(4)5)30(34)29(26)31(35)33-21-18-25(6)15-11-13-23(2)3/h13-14,17-18,20,22,34H,8-12,15-16,19,21H2,1-7H3,(H,33,35). The van der Waals surface area contributed by atoms with Gasteiger partial charge in [-0.1, -0.05) is 54.7 Å². The molecular formula is C32H47NO3. The van der Waals surface area contributed by atoms with Gasteiger partial charge in [-0.2, -0.15) is 0 Å². The van der Waals surface area contributed by atoms with E-state index in [-0.39, 0.29) is 11.7 Å². The van der Waals surface area contributed by atoms with Crippen LogP contribution in [0.15, 0.2) is 47.1 Å². The Morgan fingerprint density at radius 3 is 2.42 bits per heavy atom. The molecule has 1 heterocycles. The third-order valence-corrected chi connectivity index (χ3v) is 6.60. The van der Waals surface area contributed by atoms with Crippen LogP contribution in [0.3, 0.4) is 0 Å². The summed E-state index contributed by atoms with van der Waals surface area (Å²) in [6.07, 6.45) is 18.0. The molecule has 0 radical (unpaired) electrons. The number of phenolic OH excluding ortho intramolecular Hbond substituents is 1. The van der Waals surface area contributed by atoms with Crippen LogP contribution in [0.2, 0.25) is 0 Å². The summed E-state index contributed by atoms with van der Waals surface area (Å²) in [5.74, 6) is 0.441. The lowest BCUT2D eigenvalue weighted by Crippen LogP contribution is -2.32. The van der Waals surface area contributed by atoms with Crippen LogP contribution >= 0.6 is 0 Å². The van der Waals surface area contributed by atoms with Crippen LogP contribution in [0.25, 0.3) is 6.08 Å². The van der Waals surface area contributed by atoms with Crippen LogP contribution in [0.4, 0.5) is 0 Å². The van der Waals surface area contributed by atoms with Gasteiger partial charge in [-0.3, -0.25) is 4.79 Å². The molecule has 1 aliphatic heterocycles. The minimum absolute atomic E-state index is 0.0170. The van der Waals surface area contributed by atoms with Gasteiger partial charge >= 0.3 is 0 Å². The summed E-state index contributed by atoms with van der Waals surface area (Å²) < 4.78 is 6.41. The second kappa shape index (κ2) is 14.1. The number of amides is 1. The molecule has 36 heavy (non-hydrogen) atoms. The number of carbonyl (C=O) groups excluding carboxylic acids is 1. The van der Waals surface area contributed by atoms with Crippen molar-refractivity contribution in [2.75, 3.05) is 6.54 Å². The maximum atomic E-state index is 13.2. The molecule has 0 bridgehead atoms.